The van der Waals surface area contributed by atoms with Crippen molar-refractivity contribution in [1.29, 1.82) is 0 Å². The zero-order chi connectivity index (χ0) is 25.8. The first-order valence-corrected chi connectivity index (χ1v) is 13.1. The maximum atomic E-state index is 13.1. The standard InChI is InChI=1S/C22H16N8O4S2/c23-29-25-21-19(27-35(31,32)15-9-3-1-4-10-15)17-13-7-8-14-18(17)20(22(21)26-30-24)28-36(33,34)16-11-5-2-6-12-16/h1-14,27-28H. The molecule has 0 saturated heterocycles. The Kier molecular flexibility index (Phi) is 6.68. The number of hydrogen-bond donors (Lipinski definition) is 2. The highest BCUT2D eigenvalue weighted by molar-refractivity contribution is 7.93. The second-order valence-electron chi connectivity index (χ2n) is 7.21. The molecule has 4 rings (SSSR count). The van der Waals surface area contributed by atoms with Crippen LogP contribution in [0.15, 0.2) is 105 Å². The Hall–Kier alpha value is -4.74. The smallest absolute Gasteiger partial charge is 0.261 e. The van der Waals surface area contributed by atoms with Gasteiger partial charge in [-0.25, -0.2) is 16.8 Å². The van der Waals surface area contributed by atoms with Crippen molar-refractivity contribution in [2.24, 2.45) is 10.2 Å². The van der Waals surface area contributed by atoms with Crippen molar-refractivity contribution >= 4 is 53.6 Å². The summed E-state index contributed by atoms with van der Waals surface area (Å²) in [4.78, 5) is 5.35. The molecule has 36 heavy (non-hydrogen) atoms. The number of rotatable bonds is 8. The summed E-state index contributed by atoms with van der Waals surface area (Å²) in [6.45, 7) is 0. The molecule has 0 amide bonds. The summed E-state index contributed by atoms with van der Waals surface area (Å²) in [6.07, 6.45) is 0. The summed E-state index contributed by atoms with van der Waals surface area (Å²) in [7, 11) is -8.35. The van der Waals surface area contributed by atoms with Crippen LogP contribution in [0.1, 0.15) is 0 Å². The van der Waals surface area contributed by atoms with Gasteiger partial charge < -0.3 is 0 Å². The fraction of sp³-hybridized carbons (Fsp3) is 0. The van der Waals surface area contributed by atoms with E-state index in [1.165, 1.54) is 60.7 Å². The highest BCUT2D eigenvalue weighted by atomic mass is 32.2. The monoisotopic (exact) mass is 520 g/mol. The van der Waals surface area contributed by atoms with E-state index in [9.17, 15) is 27.9 Å². The van der Waals surface area contributed by atoms with Gasteiger partial charge in [-0.2, -0.15) is 0 Å². The normalized spacial score (nSPS) is 11.2. The molecule has 12 nitrogen and oxygen atoms in total. The van der Waals surface area contributed by atoms with E-state index in [1.807, 2.05) is 0 Å². The Labute approximate surface area is 205 Å². The minimum atomic E-state index is -4.18. The van der Waals surface area contributed by atoms with Crippen LogP contribution >= 0.6 is 0 Å². The molecule has 4 aromatic carbocycles. The molecule has 0 aliphatic heterocycles. The molecular formula is C22H16N8O4S2. The van der Waals surface area contributed by atoms with E-state index in [4.69, 9.17) is 0 Å². The van der Waals surface area contributed by atoms with Gasteiger partial charge in [0.15, 0.2) is 0 Å². The van der Waals surface area contributed by atoms with Crippen LogP contribution in [0.5, 0.6) is 0 Å². The van der Waals surface area contributed by atoms with Gasteiger partial charge >= 0.3 is 0 Å². The molecule has 14 heteroatoms. The summed E-state index contributed by atoms with van der Waals surface area (Å²) >= 11 is 0. The van der Waals surface area contributed by atoms with Crippen molar-refractivity contribution in [2.45, 2.75) is 9.79 Å². The topological polar surface area (TPSA) is 190 Å². The van der Waals surface area contributed by atoms with Gasteiger partial charge in [-0.3, -0.25) is 9.44 Å². The van der Waals surface area contributed by atoms with Crippen LogP contribution in [0.25, 0.3) is 31.7 Å². The number of azide groups is 2. The van der Waals surface area contributed by atoms with E-state index in [0.29, 0.717) is 0 Å². The maximum Gasteiger partial charge on any atom is 0.261 e. The lowest BCUT2D eigenvalue weighted by molar-refractivity contribution is 0.599. The van der Waals surface area contributed by atoms with Crippen LogP contribution in [-0.2, 0) is 20.0 Å². The molecule has 0 radical (unpaired) electrons. The van der Waals surface area contributed by atoms with Gasteiger partial charge in [-0.05, 0) is 35.3 Å². The zero-order valence-electron chi connectivity index (χ0n) is 18.2. The van der Waals surface area contributed by atoms with Crippen molar-refractivity contribution < 1.29 is 16.8 Å². The van der Waals surface area contributed by atoms with E-state index in [-0.39, 0.29) is 31.9 Å². The molecule has 0 aliphatic carbocycles. The van der Waals surface area contributed by atoms with Gasteiger partial charge in [0.1, 0.15) is 0 Å². The average Bonchev–Trinajstić information content (AvgIpc) is 2.89. The maximum absolute atomic E-state index is 13.1. The second kappa shape index (κ2) is 9.86. The Morgan fingerprint density at radius 3 is 1.22 bits per heavy atom. The van der Waals surface area contributed by atoms with E-state index in [0.717, 1.165) is 0 Å². The molecule has 0 bridgehead atoms. The lowest BCUT2D eigenvalue weighted by Gasteiger charge is -2.20. The Morgan fingerprint density at radius 2 is 0.889 bits per heavy atom. The third-order valence-corrected chi connectivity index (χ3v) is 7.76. The van der Waals surface area contributed by atoms with E-state index < -0.39 is 31.4 Å². The first-order valence-electron chi connectivity index (χ1n) is 10.1. The van der Waals surface area contributed by atoms with Crippen LogP contribution in [0.4, 0.5) is 22.7 Å². The summed E-state index contributed by atoms with van der Waals surface area (Å²) in [5.41, 5.74) is 17.3. The van der Waals surface area contributed by atoms with Crippen molar-refractivity contribution in [3.63, 3.8) is 0 Å². The highest BCUT2D eigenvalue weighted by Crippen LogP contribution is 2.49. The van der Waals surface area contributed by atoms with Crippen molar-refractivity contribution in [3.05, 3.63) is 106 Å². The fourth-order valence-corrected chi connectivity index (χ4v) is 5.71. The summed E-state index contributed by atoms with van der Waals surface area (Å²) < 4.78 is 57.2. The molecule has 2 N–H and O–H groups in total. The molecule has 0 spiro atoms. The number of nitrogens with one attached hydrogen (secondary N) is 2. The number of benzene rings is 4. The molecule has 0 aromatic heterocycles. The van der Waals surface area contributed by atoms with Gasteiger partial charge in [0.25, 0.3) is 20.0 Å². The number of hydrogen-bond acceptors (Lipinski definition) is 6. The largest absolute Gasteiger partial charge is 0.279 e. The van der Waals surface area contributed by atoms with Gasteiger partial charge in [0.2, 0.25) is 0 Å². The number of fused-ring (bicyclic) bond motifs is 1. The van der Waals surface area contributed by atoms with Crippen LogP contribution in [-0.4, -0.2) is 16.8 Å². The molecule has 0 heterocycles. The quantitative estimate of drug-likeness (QED) is 0.156. The molecule has 0 fully saturated rings. The SMILES string of the molecule is [N-]=[N+]=Nc1c(N=[N+]=[N-])c(NS(=O)(=O)c2ccccc2)c2ccccc2c1NS(=O)(=O)c1ccccc1. The Morgan fingerprint density at radius 1 is 0.556 bits per heavy atom. The van der Waals surface area contributed by atoms with Gasteiger partial charge in [0.05, 0.1) is 32.5 Å². The van der Waals surface area contributed by atoms with Crippen molar-refractivity contribution in [3.8, 4) is 0 Å². The zero-order valence-corrected chi connectivity index (χ0v) is 19.8. The molecule has 180 valence electrons. The number of sulfonamides is 2. The summed E-state index contributed by atoms with van der Waals surface area (Å²) in [5, 5.41) is 7.53. The molecule has 0 unspecified atom stereocenters. The molecule has 0 atom stereocenters. The Bertz CT molecular complexity index is 1630. The van der Waals surface area contributed by atoms with Crippen LogP contribution < -0.4 is 9.44 Å². The molecule has 0 aliphatic rings. The lowest BCUT2D eigenvalue weighted by Crippen LogP contribution is -2.15. The fourth-order valence-electron chi connectivity index (χ4n) is 3.49. The second-order valence-corrected chi connectivity index (χ2v) is 10.6. The minimum absolute atomic E-state index is 0.0693. The predicted octanol–water partition coefficient (Wildman–Crippen LogP) is 6.33. The molecule has 0 saturated carbocycles. The third-order valence-electron chi connectivity index (χ3n) is 5.03. The van der Waals surface area contributed by atoms with Crippen LogP contribution in [0.2, 0.25) is 0 Å². The molecule has 4 aromatic rings. The third kappa shape index (κ3) is 4.73. The molecular weight excluding hydrogens is 504 g/mol. The van der Waals surface area contributed by atoms with E-state index >= 15 is 0 Å². The first kappa shape index (κ1) is 24.4. The van der Waals surface area contributed by atoms with E-state index in [1.54, 1.807) is 24.3 Å². The van der Waals surface area contributed by atoms with Crippen LogP contribution in [0, 0.1) is 0 Å². The van der Waals surface area contributed by atoms with Gasteiger partial charge in [-0.15, -0.1) is 0 Å². The highest BCUT2D eigenvalue weighted by Gasteiger charge is 2.25. The van der Waals surface area contributed by atoms with Crippen molar-refractivity contribution in [2.75, 3.05) is 9.44 Å². The average molecular weight is 521 g/mol. The van der Waals surface area contributed by atoms with Crippen LogP contribution in [0.3, 0.4) is 0 Å². The lowest BCUT2D eigenvalue weighted by atomic mass is 10.0. The summed E-state index contributed by atoms with van der Waals surface area (Å²) in [5.74, 6) is 0. The van der Waals surface area contributed by atoms with E-state index in [2.05, 4.69) is 29.5 Å². The Balaban J connectivity index is 2.03. The predicted molar refractivity (Wildman–Crippen MR) is 136 cm³/mol. The first-order chi connectivity index (χ1) is 17.3. The number of nitrogens with zero attached hydrogens (tertiary/aromatic N) is 6. The van der Waals surface area contributed by atoms with Gasteiger partial charge in [-0.1, -0.05) is 70.9 Å². The van der Waals surface area contributed by atoms with Crippen molar-refractivity contribution in [1.82, 2.24) is 0 Å². The summed E-state index contributed by atoms with van der Waals surface area (Å²) in [6, 6.07) is 21.1. The van der Waals surface area contributed by atoms with Gasteiger partial charge in [0, 0.05) is 20.6 Å². The number of anilines is 2. The minimum Gasteiger partial charge on any atom is -0.279 e.